The van der Waals surface area contributed by atoms with E-state index >= 15 is 0 Å². The third-order valence-electron chi connectivity index (χ3n) is 17.7. The van der Waals surface area contributed by atoms with Crippen molar-refractivity contribution < 1.29 is 31.4 Å². The molecule has 0 spiro atoms. The van der Waals surface area contributed by atoms with Gasteiger partial charge in [0.05, 0.1) is 30.3 Å². The van der Waals surface area contributed by atoms with Crippen molar-refractivity contribution in [1.82, 2.24) is 13.7 Å². The maximum Gasteiger partial charge on any atom is 0.161 e. The van der Waals surface area contributed by atoms with Gasteiger partial charge in [-0.15, -0.1) is 0 Å². The number of benzene rings is 13. The molecule has 7 heteroatoms. The first-order valence-corrected chi connectivity index (χ1v) is 30.0. The average molecular weight is 1180 g/mol. The second-order valence-electron chi connectivity index (χ2n) is 22.6. The van der Waals surface area contributed by atoms with Crippen LogP contribution < -0.4 is 0 Å². The Hall–Kier alpha value is -12.3. The van der Waals surface area contributed by atoms with Crippen LogP contribution >= 0.6 is 0 Å². The van der Waals surface area contributed by atoms with E-state index in [0.29, 0.717) is 44.3 Å². The Morgan fingerprint density at radius 2 is 0.593 bits per heavy atom. The fraction of sp³-hybridized carbons (Fsp3) is 0. The Morgan fingerprint density at radius 3 is 1.09 bits per heavy atom. The van der Waals surface area contributed by atoms with Crippen LogP contribution in [0.15, 0.2) is 327 Å². The second-order valence-corrected chi connectivity index (χ2v) is 22.6. The summed E-state index contributed by atoms with van der Waals surface area (Å²) in [5, 5.41) is 7.25. The fourth-order valence-electron chi connectivity index (χ4n) is 13.9. The minimum Gasteiger partial charge on any atom is -0.455 e. The summed E-state index contributed by atoms with van der Waals surface area (Å²) in [5.74, 6) is 0. The molecule has 0 fully saturated rings. The van der Waals surface area contributed by atoms with Crippen molar-refractivity contribution in [2.75, 3.05) is 0 Å². The number of nitrogens with zero attached hydrogens (tertiary/aromatic N) is 3. The Kier molecular flexibility index (Phi) is 9.22. The molecule has 13 aromatic carbocycles. The van der Waals surface area contributed by atoms with E-state index in [1.807, 2.05) is 66.7 Å². The third-order valence-corrected chi connectivity index (χ3v) is 17.7. The van der Waals surface area contributed by atoms with E-state index < -0.39 is 36.3 Å². The summed E-state index contributed by atoms with van der Waals surface area (Å²) >= 11 is 0. The van der Waals surface area contributed by atoms with Gasteiger partial charge in [-0.1, -0.05) is 206 Å². The lowest BCUT2D eigenvalue weighted by Gasteiger charge is -2.12. The van der Waals surface area contributed by atoms with Gasteiger partial charge in [0.15, 0.2) is 16.7 Å². The van der Waals surface area contributed by atoms with Gasteiger partial charge in [-0.3, -0.25) is 0 Å². The molecule has 0 saturated heterocycles. The van der Waals surface area contributed by atoms with Crippen molar-refractivity contribution >= 4 is 121 Å². The SMILES string of the molecule is [2H]c1c([2H])c([2H])c(-c2cccc3c2oc2cc(-c4cccc5c4oc4c6ccccc6n(-c6c([2H])c([2H])c([2H])c([2H])c6[2H])c54)ccc23)c([2H])c1[2H].c1ccc(-n2c3ccccc3c3oc4c(-c5ccccc5-c5cccc6c5oc5c7ccccc7n(-c7ccccc7)c65)cccc4c32)cc1. The molecule has 0 aliphatic rings. The number of hydrogen-bond acceptors (Lipinski definition) is 4. The van der Waals surface area contributed by atoms with E-state index in [4.69, 9.17) is 31.4 Å². The molecule has 20 rings (SSSR count). The molecule has 91 heavy (non-hydrogen) atoms. The maximum atomic E-state index is 8.76. The van der Waals surface area contributed by atoms with Crippen LogP contribution in [0.2, 0.25) is 0 Å². The van der Waals surface area contributed by atoms with Crippen molar-refractivity contribution in [2.45, 2.75) is 0 Å². The average Bonchev–Trinajstić information content (AvgIpc) is 1.56. The molecule has 0 atom stereocenters. The van der Waals surface area contributed by atoms with E-state index in [0.717, 1.165) is 127 Å². The standard InChI is InChI=1S/C46H28N2O2.C38H23NO2/c1-3-15-29(16-4-1)47-39-27-11-9-21-35(39)45-41(47)37-25-13-23-33(43(37)49-45)31-19-7-8-20-32(31)34-24-14-26-38-42-46(50-44(34)38)36-22-10-12-28-40(36)48(42)30-17-5-2-6-18-30;1-3-11-24(12-4-1)27-16-9-18-30-29-22-21-25(23-34(29)40-36(27)30)28-17-10-19-32-35-38(41-37(28)32)31-15-7-8-20-33(31)39(35)26-13-5-2-6-14-26/h1-28H;1-23H/i;1D,2D,3D,4D,5D,6D,11D,12D,13D,14D. The first-order chi connectivity index (χ1) is 49.3. The molecule has 0 N–H and O–H groups in total. The van der Waals surface area contributed by atoms with Crippen LogP contribution in [0.25, 0.3) is 182 Å². The largest absolute Gasteiger partial charge is 0.455 e. The highest BCUT2D eigenvalue weighted by Crippen LogP contribution is 2.48. The number of para-hydroxylation sites is 10. The summed E-state index contributed by atoms with van der Waals surface area (Å²) in [6, 6.07) is 79.8. The van der Waals surface area contributed by atoms with Gasteiger partial charge < -0.3 is 31.4 Å². The van der Waals surface area contributed by atoms with E-state index in [9.17, 15) is 0 Å². The summed E-state index contributed by atoms with van der Waals surface area (Å²) in [7, 11) is 0. The summed E-state index contributed by atoms with van der Waals surface area (Å²) in [6.07, 6.45) is 0. The number of fused-ring (bicyclic) bond motifs is 18. The van der Waals surface area contributed by atoms with E-state index in [1.165, 1.54) is 0 Å². The van der Waals surface area contributed by atoms with Crippen LogP contribution in [0.1, 0.15) is 13.7 Å². The van der Waals surface area contributed by atoms with Crippen LogP contribution in [-0.2, 0) is 0 Å². The lowest BCUT2D eigenvalue weighted by molar-refractivity contribution is 0.669. The molecule has 20 aromatic rings. The van der Waals surface area contributed by atoms with Gasteiger partial charge in [0.2, 0.25) is 0 Å². The predicted molar refractivity (Wildman–Crippen MR) is 374 cm³/mol. The molecule has 426 valence electrons. The molecular weight excluding hydrogens is 1110 g/mol. The first kappa shape index (κ1) is 41.7. The minimum atomic E-state index is -0.470. The number of aromatic nitrogens is 3. The predicted octanol–water partition coefficient (Wildman–Crippen LogP) is 23.5. The number of hydrogen-bond donors (Lipinski definition) is 0. The molecule has 0 amide bonds. The van der Waals surface area contributed by atoms with Gasteiger partial charge in [0, 0.05) is 82.4 Å². The topological polar surface area (TPSA) is 67.3 Å². The van der Waals surface area contributed by atoms with Crippen molar-refractivity contribution in [3.63, 3.8) is 0 Å². The Labute approximate surface area is 534 Å². The van der Waals surface area contributed by atoms with Gasteiger partial charge in [0.1, 0.15) is 44.5 Å². The van der Waals surface area contributed by atoms with Gasteiger partial charge in [-0.25, -0.2) is 0 Å². The molecule has 0 saturated carbocycles. The normalized spacial score (nSPS) is 13.5. The summed E-state index contributed by atoms with van der Waals surface area (Å²) in [5.41, 5.74) is 19.6. The third kappa shape index (κ3) is 7.68. The van der Waals surface area contributed by atoms with Crippen LogP contribution in [0.3, 0.4) is 0 Å². The zero-order valence-corrected chi connectivity index (χ0v) is 48.1. The summed E-state index contributed by atoms with van der Waals surface area (Å²) in [6.45, 7) is 0. The van der Waals surface area contributed by atoms with Crippen LogP contribution in [0, 0.1) is 0 Å². The maximum absolute atomic E-state index is 8.76. The number of rotatable bonds is 7. The highest BCUT2D eigenvalue weighted by Gasteiger charge is 2.27. The van der Waals surface area contributed by atoms with Gasteiger partial charge in [0.25, 0.3) is 0 Å². The van der Waals surface area contributed by atoms with E-state index in [2.05, 4.69) is 179 Å². The first-order valence-electron chi connectivity index (χ1n) is 35.0. The highest BCUT2D eigenvalue weighted by atomic mass is 16.3. The van der Waals surface area contributed by atoms with Gasteiger partial charge in [-0.05, 0) is 125 Å². The van der Waals surface area contributed by atoms with E-state index in [1.54, 1.807) is 16.7 Å². The molecule has 0 bridgehead atoms. The fourth-order valence-corrected chi connectivity index (χ4v) is 13.9. The van der Waals surface area contributed by atoms with Crippen LogP contribution in [-0.4, -0.2) is 13.7 Å². The second kappa shape index (κ2) is 20.1. The molecule has 0 unspecified atom stereocenters. The molecule has 0 aliphatic carbocycles. The Morgan fingerprint density at radius 1 is 0.231 bits per heavy atom. The highest BCUT2D eigenvalue weighted by molar-refractivity contribution is 6.22. The Bertz CT molecular complexity index is 6650. The van der Waals surface area contributed by atoms with Crippen molar-refractivity contribution in [1.29, 1.82) is 0 Å². The Balaban J connectivity index is 0.000000140. The quantitative estimate of drug-likeness (QED) is 0.159. The van der Waals surface area contributed by atoms with Gasteiger partial charge in [-0.2, -0.15) is 0 Å². The van der Waals surface area contributed by atoms with Crippen LogP contribution in [0.5, 0.6) is 0 Å². The molecule has 7 nitrogen and oxygen atoms in total. The summed E-state index contributed by atoms with van der Waals surface area (Å²) in [4.78, 5) is 0. The zero-order valence-electron chi connectivity index (χ0n) is 58.1. The van der Waals surface area contributed by atoms with Crippen molar-refractivity contribution in [3.8, 4) is 61.6 Å². The molecular formula is C84H51N3O4. The smallest absolute Gasteiger partial charge is 0.161 e. The summed E-state index contributed by atoms with van der Waals surface area (Å²) < 4.78 is 117. The van der Waals surface area contributed by atoms with Gasteiger partial charge >= 0.3 is 0 Å². The minimum absolute atomic E-state index is 0.0268. The lowest BCUT2D eigenvalue weighted by Crippen LogP contribution is -1.93. The monoisotopic (exact) mass is 1180 g/mol. The van der Waals surface area contributed by atoms with Crippen molar-refractivity contribution in [3.05, 3.63) is 309 Å². The molecule has 7 aromatic heterocycles. The zero-order chi connectivity index (χ0) is 68.4. The molecule has 0 aliphatic heterocycles. The molecule has 7 heterocycles. The lowest BCUT2D eigenvalue weighted by atomic mass is 9.93. The van der Waals surface area contributed by atoms with Crippen LogP contribution in [0.4, 0.5) is 0 Å². The van der Waals surface area contributed by atoms with Crippen molar-refractivity contribution in [2.24, 2.45) is 0 Å². The number of furan rings is 4. The van der Waals surface area contributed by atoms with E-state index in [-0.39, 0.29) is 35.4 Å². The molecule has 0 radical (unpaired) electrons.